The summed E-state index contributed by atoms with van der Waals surface area (Å²) in [6.07, 6.45) is 0. The Balaban J connectivity index is 0.00000128. The summed E-state index contributed by atoms with van der Waals surface area (Å²) in [5, 5.41) is 0. The van der Waals surface area contributed by atoms with Crippen LogP contribution in [0.25, 0.3) is 11.1 Å². The maximum absolute atomic E-state index is 13.0. The molecule has 2 aromatic rings. The number of benzene rings is 2. The van der Waals surface area contributed by atoms with E-state index in [9.17, 15) is 4.39 Å². The first-order valence-electron chi connectivity index (χ1n) is 4.58. The highest BCUT2D eigenvalue weighted by molar-refractivity contribution is 5.85. The summed E-state index contributed by atoms with van der Waals surface area (Å²) in [5.41, 5.74) is 14.1. The lowest BCUT2D eigenvalue weighted by atomic mass is 10.0. The molecule has 0 aliphatic carbocycles. The summed E-state index contributed by atoms with van der Waals surface area (Å²) in [7, 11) is 0. The van der Waals surface area contributed by atoms with Gasteiger partial charge in [0.05, 0.1) is 0 Å². The third-order valence-corrected chi connectivity index (χ3v) is 2.21. The minimum atomic E-state index is -0.283. The number of hydrogen-bond acceptors (Lipinski definition) is 2. The zero-order chi connectivity index (χ0) is 10.8. The van der Waals surface area contributed by atoms with Gasteiger partial charge in [-0.2, -0.15) is 0 Å². The fourth-order valence-electron chi connectivity index (χ4n) is 1.48. The predicted octanol–water partition coefficient (Wildman–Crippen LogP) is 3.50. The van der Waals surface area contributed by atoms with Crippen molar-refractivity contribution in [1.29, 1.82) is 0 Å². The van der Waals surface area contributed by atoms with Crippen LogP contribution in [0.15, 0.2) is 42.5 Å². The summed E-state index contributed by atoms with van der Waals surface area (Å²) >= 11 is 0. The Morgan fingerprint density at radius 1 is 0.882 bits per heavy atom. The zero-order valence-corrected chi connectivity index (χ0v) is 10.5. The van der Waals surface area contributed by atoms with E-state index in [1.54, 1.807) is 30.3 Å². The number of nitrogens with two attached hydrogens (primary N) is 2. The van der Waals surface area contributed by atoms with E-state index in [1.807, 2.05) is 0 Å². The first-order chi connectivity index (χ1) is 7.16. The van der Waals surface area contributed by atoms with Crippen LogP contribution in [-0.2, 0) is 0 Å². The minimum absolute atomic E-state index is 0. The van der Waals surface area contributed by atoms with Gasteiger partial charge < -0.3 is 11.5 Å². The van der Waals surface area contributed by atoms with Crippen molar-refractivity contribution in [2.24, 2.45) is 0 Å². The normalized spacial score (nSPS) is 9.00. The Bertz CT molecular complexity index is 504. The van der Waals surface area contributed by atoms with E-state index in [0.717, 1.165) is 11.1 Å². The van der Waals surface area contributed by atoms with Gasteiger partial charge in [-0.1, -0.05) is 12.1 Å². The van der Waals surface area contributed by atoms with E-state index in [4.69, 9.17) is 11.5 Å². The Hall–Kier alpha value is -1.45. The van der Waals surface area contributed by atoms with Crippen molar-refractivity contribution < 1.29 is 4.39 Å². The molecule has 92 valence electrons. The van der Waals surface area contributed by atoms with Gasteiger partial charge in [-0.05, 0) is 35.9 Å². The molecule has 17 heavy (non-hydrogen) atoms. The Morgan fingerprint density at radius 2 is 1.59 bits per heavy atom. The van der Waals surface area contributed by atoms with Crippen LogP contribution >= 0.6 is 24.8 Å². The first kappa shape index (κ1) is 15.6. The molecule has 0 saturated carbocycles. The molecule has 2 aromatic carbocycles. The molecule has 0 amide bonds. The molecule has 0 heterocycles. The van der Waals surface area contributed by atoms with Gasteiger partial charge in [0.1, 0.15) is 5.82 Å². The number of anilines is 2. The van der Waals surface area contributed by atoms with Gasteiger partial charge in [-0.3, -0.25) is 0 Å². The van der Waals surface area contributed by atoms with Crippen LogP contribution in [0.4, 0.5) is 15.8 Å². The summed E-state index contributed by atoms with van der Waals surface area (Å²) in [6.45, 7) is 0. The van der Waals surface area contributed by atoms with Crippen molar-refractivity contribution in [2.75, 3.05) is 11.5 Å². The molecule has 0 saturated heterocycles. The molecule has 0 radical (unpaired) electrons. The van der Waals surface area contributed by atoms with Crippen molar-refractivity contribution >= 4 is 36.2 Å². The second kappa shape index (κ2) is 6.33. The van der Waals surface area contributed by atoms with Gasteiger partial charge in [0.2, 0.25) is 0 Å². The lowest BCUT2D eigenvalue weighted by molar-refractivity contribution is 0.628. The lowest BCUT2D eigenvalue weighted by Gasteiger charge is -2.06. The van der Waals surface area contributed by atoms with Gasteiger partial charge in [-0.15, -0.1) is 24.8 Å². The average molecular weight is 275 g/mol. The average Bonchev–Trinajstić information content (AvgIpc) is 2.22. The van der Waals surface area contributed by atoms with Crippen LogP contribution < -0.4 is 11.5 Å². The minimum Gasteiger partial charge on any atom is -0.399 e. The van der Waals surface area contributed by atoms with Crippen LogP contribution in [-0.4, -0.2) is 0 Å². The highest BCUT2D eigenvalue weighted by Crippen LogP contribution is 2.28. The molecule has 0 spiro atoms. The molecule has 4 N–H and O–H groups in total. The zero-order valence-electron chi connectivity index (χ0n) is 8.89. The van der Waals surface area contributed by atoms with E-state index < -0.39 is 0 Å². The van der Waals surface area contributed by atoms with Crippen LogP contribution in [0.2, 0.25) is 0 Å². The summed E-state index contributed by atoms with van der Waals surface area (Å²) in [5.74, 6) is -0.283. The molecule has 2 rings (SSSR count). The second-order valence-corrected chi connectivity index (χ2v) is 3.36. The number of rotatable bonds is 1. The Kier molecular flexibility index (Phi) is 5.79. The standard InChI is InChI=1S/C12H11FN2.2ClH/c13-9-3-1-2-8(6-9)11-7-10(14)4-5-12(11)15;;/h1-7H,14-15H2;2*1H. The first-order valence-corrected chi connectivity index (χ1v) is 4.58. The van der Waals surface area contributed by atoms with Crippen molar-refractivity contribution in [1.82, 2.24) is 0 Å². The fourth-order valence-corrected chi connectivity index (χ4v) is 1.48. The lowest BCUT2D eigenvalue weighted by Crippen LogP contribution is -1.93. The molecule has 0 aliphatic rings. The summed E-state index contributed by atoms with van der Waals surface area (Å²) < 4.78 is 13.0. The Labute approximate surface area is 112 Å². The maximum atomic E-state index is 13.0. The number of hydrogen-bond donors (Lipinski definition) is 2. The Morgan fingerprint density at radius 3 is 2.24 bits per heavy atom. The maximum Gasteiger partial charge on any atom is 0.123 e. The smallest absolute Gasteiger partial charge is 0.123 e. The van der Waals surface area contributed by atoms with E-state index in [1.165, 1.54) is 12.1 Å². The highest BCUT2D eigenvalue weighted by Gasteiger charge is 2.03. The summed E-state index contributed by atoms with van der Waals surface area (Å²) in [6, 6.07) is 11.5. The fraction of sp³-hybridized carbons (Fsp3) is 0. The van der Waals surface area contributed by atoms with E-state index >= 15 is 0 Å². The molecule has 0 aliphatic heterocycles. The van der Waals surface area contributed by atoms with Crippen molar-refractivity contribution in [3.63, 3.8) is 0 Å². The third kappa shape index (κ3) is 3.51. The van der Waals surface area contributed by atoms with Gasteiger partial charge in [0.25, 0.3) is 0 Å². The molecular formula is C12H13Cl2FN2. The van der Waals surface area contributed by atoms with Crippen LogP contribution in [0.5, 0.6) is 0 Å². The molecule has 0 atom stereocenters. The number of halogens is 3. The monoisotopic (exact) mass is 274 g/mol. The molecule has 0 fully saturated rings. The van der Waals surface area contributed by atoms with Gasteiger partial charge in [-0.25, -0.2) is 4.39 Å². The van der Waals surface area contributed by atoms with Crippen molar-refractivity contribution in [2.45, 2.75) is 0 Å². The number of nitrogen functional groups attached to an aromatic ring is 2. The van der Waals surface area contributed by atoms with E-state index in [-0.39, 0.29) is 30.6 Å². The molecular weight excluding hydrogens is 262 g/mol. The molecule has 0 unspecified atom stereocenters. The van der Waals surface area contributed by atoms with Gasteiger partial charge in [0.15, 0.2) is 0 Å². The quantitative estimate of drug-likeness (QED) is 0.782. The molecule has 5 heteroatoms. The van der Waals surface area contributed by atoms with Crippen molar-refractivity contribution in [3.8, 4) is 11.1 Å². The van der Waals surface area contributed by atoms with E-state index in [2.05, 4.69) is 0 Å². The topological polar surface area (TPSA) is 52.0 Å². The molecule has 0 aromatic heterocycles. The van der Waals surface area contributed by atoms with Crippen LogP contribution in [0.3, 0.4) is 0 Å². The molecule has 0 bridgehead atoms. The van der Waals surface area contributed by atoms with Crippen molar-refractivity contribution in [3.05, 3.63) is 48.3 Å². The largest absolute Gasteiger partial charge is 0.399 e. The van der Waals surface area contributed by atoms with E-state index in [0.29, 0.717) is 11.4 Å². The SMILES string of the molecule is Cl.Cl.Nc1ccc(N)c(-c2cccc(F)c2)c1. The van der Waals surface area contributed by atoms with Crippen LogP contribution in [0.1, 0.15) is 0 Å². The second-order valence-electron chi connectivity index (χ2n) is 3.36. The highest BCUT2D eigenvalue weighted by atomic mass is 35.5. The molecule has 2 nitrogen and oxygen atoms in total. The third-order valence-electron chi connectivity index (χ3n) is 2.21. The van der Waals surface area contributed by atoms with Gasteiger partial charge in [0, 0.05) is 16.9 Å². The predicted molar refractivity (Wildman–Crippen MR) is 75.2 cm³/mol. The van der Waals surface area contributed by atoms with Gasteiger partial charge >= 0.3 is 0 Å². The summed E-state index contributed by atoms with van der Waals surface area (Å²) in [4.78, 5) is 0. The van der Waals surface area contributed by atoms with Crippen LogP contribution in [0, 0.1) is 5.82 Å².